The maximum Gasteiger partial charge on any atom is 0.253 e. The van der Waals surface area contributed by atoms with E-state index in [0.29, 0.717) is 32.2 Å². The van der Waals surface area contributed by atoms with Gasteiger partial charge < -0.3 is 15.0 Å². The molecule has 8 heteroatoms. The van der Waals surface area contributed by atoms with Gasteiger partial charge in [0, 0.05) is 35.5 Å². The molecule has 1 unspecified atom stereocenters. The Morgan fingerprint density at radius 3 is 2.48 bits per heavy atom. The molecule has 0 spiro atoms. The lowest BCUT2D eigenvalue weighted by Gasteiger charge is -2.38. The Kier molecular flexibility index (Phi) is 6.24. The number of likely N-dealkylation sites (N-methyl/N-ethyl adjacent to an activating group) is 1. The van der Waals surface area contributed by atoms with Gasteiger partial charge in [-0.1, -0.05) is 15.9 Å². The number of rotatable bonds is 4. The Balaban J connectivity index is 2.17. The van der Waals surface area contributed by atoms with E-state index in [0.717, 1.165) is 5.69 Å². The normalized spacial score (nSPS) is 16.6. The number of benzene rings is 2. The molecule has 0 aromatic heterocycles. The minimum Gasteiger partial charge on any atom is -0.497 e. The van der Waals surface area contributed by atoms with Crippen molar-refractivity contribution in [3.8, 4) is 5.75 Å². The summed E-state index contributed by atoms with van der Waals surface area (Å²) in [7, 11) is 4.93. The van der Waals surface area contributed by atoms with Crippen molar-refractivity contribution in [2.45, 2.75) is 13.0 Å². The number of nitrogens with one attached hydrogen (secondary N) is 1. The molecule has 0 fully saturated rings. The van der Waals surface area contributed by atoms with Crippen molar-refractivity contribution in [3.05, 3.63) is 69.6 Å². The molecule has 152 valence electrons. The van der Waals surface area contributed by atoms with Crippen molar-refractivity contribution >= 4 is 44.9 Å². The molecule has 1 N–H and O–H groups in total. The van der Waals surface area contributed by atoms with Gasteiger partial charge in [0.2, 0.25) is 0 Å². The Hall–Kier alpha value is -2.45. The summed E-state index contributed by atoms with van der Waals surface area (Å²) in [6.45, 7) is 1.82. The Bertz CT molecular complexity index is 992. The zero-order chi connectivity index (χ0) is 21.3. The number of allylic oxidation sites excluding steroid dienone is 1. The number of hydrogen-bond acceptors (Lipinski definition) is 3. The first-order valence-electron chi connectivity index (χ1n) is 8.86. The molecule has 0 saturated carbocycles. The number of hydrogen-bond donors (Lipinski definition) is 1. The van der Waals surface area contributed by atoms with Gasteiger partial charge >= 0.3 is 0 Å². The van der Waals surface area contributed by atoms with Crippen molar-refractivity contribution in [3.63, 3.8) is 0 Å². The Labute approximate surface area is 183 Å². The third kappa shape index (κ3) is 4.13. The van der Waals surface area contributed by atoms with Crippen LogP contribution in [-0.2, 0) is 4.79 Å². The maximum absolute atomic E-state index is 14.7. The highest BCUT2D eigenvalue weighted by Gasteiger charge is 2.36. The number of halogens is 2. The van der Waals surface area contributed by atoms with Gasteiger partial charge in [-0.2, -0.15) is 0 Å². The van der Waals surface area contributed by atoms with Crippen LogP contribution in [0.5, 0.6) is 5.75 Å². The smallest absolute Gasteiger partial charge is 0.253 e. The van der Waals surface area contributed by atoms with E-state index >= 15 is 0 Å². The summed E-state index contributed by atoms with van der Waals surface area (Å²) in [5.41, 5.74) is 2.19. The lowest BCUT2D eigenvalue weighted by atomic mass is 9.93. The van der Waals surface area contributed by atoms with Gasteiger partial charge in [-0.3, -0.25) is 9.69 Å². The predicted octanol–water partition coefficient (Wildman–Crippen LogP) is 4.39. The third-order valence-corrected chi connectivity index (χ3v) is 5.51. The molecule has 1 atom stereocenters. The fourth-order valence-corrected chi connectivity index (χ4v) is 4.01. The SMILES string of the molecule is COc1ccc(N2C(=S)NC(c3cc(Br)ccc3F)C(C(=O)N(C)C)=C2C)cc1. The quantitative estimate of drug-likeness (QED) is 0.661. The molecule has 2 aromatic carbocycles. The molecule has 1 aliphatic rings. The molecule has 2 aromatic rings. The topological polar surface area (TPSA) is 44.8 Å². The highest BCUT2D eigenvalue weighted by atomic mass is 79.9. The van der Waals surface area contributed by atoms with Crippen LogP contribution in [0, 0.1) is 5.82 Å². The van der Waals surface area contributed by atoms with Gasteiger partial charge in [-0.15, -0.1) is 0 Å². The summed E-state index contributed by atoms with van der Waals surface area (Å²) in [6.07, 6.45) is 0. The van der Waals surface area contributed by atoms with Crippen LogP contribution in [0.1, 0.15) is 18.5 Å². The summed E-state index contributed by atoms with van der Waals surface area (Å²) in [6, 6.07) is 11.3. The molecule has 0 radical (unpaired) electrons. The summed E-state index contributed by atoms with van der Waals surface area (Å²) in [4.78, 5) is 16.3. The summed E-state index contributed by atoms with van der Waals surface area (Å²) < 4.78 is 20.6. The predicted molar refractivity (Wildman–Crippen MR) is 119 cm³/mol. The molecule has 1 aliphatic heterocycles. The van der Waals surface area contributed by atoms with E-state index in [2.05, 4.69) is 21.2 Å². The molecule has 0 aliphatic carbocycles. The van der Waals surface area contributed by atoms with E-state index < -0.39 is 11.9 Å². The molecular weight excluding hydrogens is 457 g/mol. The number of amides is 1. The molecule has 5 nitrogen and oxygen atoms in total. The lowest BCUT2D eigenvalue weighted by molar-refractivity contribution is -0.125. The molecule has 0 saturated heterocycles. The largest absolute Gasteiger partial charge is 0.497 e. The van der Waals surface area contributed by atoms with E-state index in [1.165, 1.54) is 11.0 Å². The number of carbonyl (C=O) groups is 1. The lowest BCUT2D eigenvalue weighted by Crippen LogP contribution is -2.49. The number of methoxy groups -OCH3 is 1. The molecule has 1 heterocycles. The first-order valence-corrected chi connectivity index (χ1v) is 10.1. The molecule has 29 heavy (non-hydrogen) atoms. The second kappa shape index (κ2) is 8.51. The first kappa shape index (κ1) is 21.3. The highest BCUT2D eigenvalue weighted by molar-refractivity contribution is 9.10. The summed E-state index contributed by atoms with van der Waals surface area (Å²) in [5.74, 6) is 0.0774. The van der Waals surface area contributed by atoms with Crippen molar-refractivity contribution in [1.29, 1.82) is 0 Å². The first-order chi connectivity index (χ1) is 13.7. The summed E-state index contributed by atoms with van der Waals surface area (Å²) >= 11 is 8.98. The van der Waals surface area contributed by atoms with Crippen molar-refractivity contribution < 1.29 is 13.9 Å². The number of nitrogens with zero attached hydrogens (tertiary/aromatic N) is 2. The fraction of sp³-hybridized carbons (Fsp3) is 0.238. The van der Waals surface area contributed by atoms with Crippen molar-refractivity contribution in [2.24, 2.45) is 0 Å². The second-order valence-corrected chi connectivity index (χ2v) is 8.08. The number of anilines is 1. The van der Waals surface area contributed by atoms with Crippen molar-refractivity contribution in [2.75, 3.05) is 26.1 Å². The van der Waals surface area contributed by atoms with Crippen LogP contribution in [0.3, 0.4) is 0 Å². The van der Waals surface area contributed by atoms with E-state index in [9.17, 15) is 9.18 Å². The van der Waals surface area contributed by atoms with E-state index in [-0.39, 0.29) is 5.91 Å². The number of thiocarbonyl (C=S) groups is 1. The van der Waals surface area contributed by atoms with Crippen LogP contribution < -0.4 is 15.0 Å². The van der Waals surface area contributed by atoms with Crippen LogP contribution >= 0.6 is 28.1 Å². The van der Waals surface area contributed by atoms with Gasteiger partial charge in [0.05, 0.1) is 18.7 Å². The van der Waals surface area contributed by atoms with E-state index in [1.807, 2.05) is 31.2 Å². The Morgan fingerprint density at radius 1 is 1.24 bits per heavy atom. The summed E-state index contributed by atoms with van der Waals surface area (Å²) in [5, 5.41) is 3.54. The number of ether oxygens (including phenoxy) is 1. The molecule has 0 bridgehead atoms. The van der Waals surface area contributed by atoms with E-state index in [1.54, 1.807) is 38.2 Å². The minimum atomic E-state index is -0.704. The van der Waals surface area contributed by atoms with Crippen LogP contribution in [0.25, 0.3) is 0 Å². The molecule has 3 rings (SSSR count). The highest BCUT2D eigenvalue weighted by Crippen LogP contribution is 2.36. The average molecular weight is 478 g/mol. The van der Waals surface area contributed by atoms with Gasteiger partial charge in [0.25, 0.3) is 5.91 Å². The van der Waals surface area contributed by atoms with E-state index in [4.69, 9.17) is 17.0 Å². The van der Waals surface area contributed by atoms with Crippen LogP contribution in [0.15, 0.2) is 58.2 Å². The zero-order valence-electron chi connectivity index (χ0n) is 16.5. The van der Waals surface area contributed by atoms with Crippen LogP contribution in [0.4, 0.5) is 10.1 Å². The standard InChI is InChI=1S/C21H21BrFN3O2S/c1-12-18(20(27)25(2)3)19(16-11-13(22)5-10-17(16)23)24-21(29)26(12)14-6-8-15(28-4)9-7-14/h5-11,19H,1-4H3,(H,24,29). The van der Waals surface area contributed by atoms with Crippen LogP contribution in [0.2, 0.25) is 0 Å². The van der Waals surface area contributed by atoms with Gasteiger partial charge in [-0.05, 0) is 61.6 Å². The number of carbonyl (C=O) groups excluding carboxylic acids is 1. The van der Waals surface area contributed by atoms with Gasteiger partial charge in [0.15, 0.2) is 5.11 Å². The van der Waals surface area contributed by atoms with Gasteiger partial charge in [0.1, 0.15) is 11.6 Å². The fourth-order valence-electron chi connectivity index (χ4n) is 3.27. The monoisotopic (exact) mass is 477 g/mol. The van der Waals surface area contributed by atoms with Crippen LogP contribution in [-0.4, -0.2) is 37.1 Å². The average Bonchev–Trinajstić information content (AvgIpc) is 2.69. The van der Waals surface area contributed by atoms with Gasteiger partial charge in [-0.25, -0.2) is 4.39 Å². The molecule has 1 amide bonds. The minimum absolute atomic E-state index is 0.222. The molecular formula is C21H21BrFN3O2S. The third-order valence-electron chi connectivity index (χ3n) is 4.72. The Morgan fingerprint density at radius 2 is 1.90 bits per heavy atom. The maximum atomic E-state index is 14.7. The zero-order valence-corrected chi connectivity index (χ0v) is 18.9. The second-order valence-electron chi connectivity index (χ2n) is 6.78. The van der Waals surface area contributed by atoms with Crippen molar-refractivity contribution in [1.82, 2.24) is 10.2 Å².